The van der Waals surface area contributed by atoms with Gasteiger partial charge in [-0.15, -0.1) is 0 Å². The van der Waals surface area contributed by atoms with Crippen LogP contribution in [-0.4, -0.2) is 32.2 Å². The maximum atomic E-state index is 11.6. The minimum absolute atomic E-state index is 0.0972. The lowest BCUT2D eigenvalue weighted by molar-refractivity contribution is 0.202. The van der Waals surface area contributed by atoms with Crippen LogP contribution in [0.1, 0.15) is 22.7 Å². The Morgan fingerprint density at radius 2 is 1.45 bits per heavy atom. The molecule has 0 saturated carbocycles. The van der Waals surface area contributed by atoms with E-state index in [1.165, 1.54) is 16.7 Å². The minimum atomic E-state index is -2.47. The number of likely N-dealkylation sites (tertiary alicyclic amines) is 1. The number of hydrogen-bond acceptors (Lipinski definition) is 3. The molecule has 5 heteroatoms. The predicted molar refractivity (Wildman–Crippen MR) is 128 cm³/mol. The zero-order chi connectivity index (χ0) is 20.2. The Morgan fingerprint density at radius 1 is 0.862 bits per heavy atom. The highest BCUT2D eigenvalue weighted by Crippen LogP contribution is 2.36. The topological polar surface area (TPSA) is 37.4 Å². The molecule has 0 radical (unpaired) electrons. The molecule has 0 amide bonds. The maximum Gasteiger partial charge on any atom is 0.144 e. The van der Waals surface area contributed by atoms with E-state index in [9.17, 15) is 8.42 Å². The average molecular weight is 515 g/mol. The molecule has 1 heterocycles. The summed E-state index contributed by atoms with van der Waals surface area (Å²) >= 11 is 2.27. The quantitative estimate of drug-likeness (QED) is 0.380. The summed E-state index contributed by atoms with van der Waals surface area (Å²) in [7, 11) is -2.47. The monoisotopic (exact) mass is 515 g/mol. The summed E-state index contributed by atoms with van der Waals surface area (Å²) in [5.74, 6) is 0.0972. The molecule has 3 aromatic carbocycles. The van der Waals surface area contributed by atoms with Gasteiger partial charge in [0, 0.05) is 16.7 Å². The summed E-state index contributed by atoms with van der Waals surface area (Å²) < 4.78 is 24.2. The fraction of sp³-hybridized carbons (Fsp3) is 0.167. The van der Waals surface area contributed by atoms with E-state index in [1.807, 2.05) is 30.3 Å². The molecule has 29 heavy (non-hydrogen) atoms. The Kier molecular flexibility index (Phi) is 6.47. The third-order valence-corrected chi connectivity index (χ3v) is 6.52. The first-order valence-electron chi connectivity index (χ1n) is 9.54. The third-order valence-electron chi connectivity index (χ3n) is 5.27. The van der Waals surface area contributed by atoms with Gasteiger partial charge < -0.3 is 0 Å². The van der Waals surface area contributed by atoms with Gasteiger partial charge >= 0.3 is 0 Å². The van der Waals surface area contributed by atoms with Crippen LogP contribution in [0.2, 0.25) is 0 Å². The van der Waals surface area contributed by atoms with Gasteiger partial charge in [0.05, 0.1) is 11.8 Å². The summed E-state index contributed by atoms with van der Waals surface area (Å²) in [6, 6.07) is 29.3. The summed E-state index contributed by atoms with van der Waals surface area (Å²) in [6.07, 6.45) is 0. The molecule has 0 bridgehead atoms. The first-order chi connectivity index (χ1) is 14.1. The van der Waals surface area contributed by atoms with Gasteiger partial charge in [-0.3, -0.25) is 4.90 Å². The van der Waals surface area contributed by atoms with Crippen molar-refractivity contribution < 1.29 is 8.42 Å². The maximum absolute atomic E-state index is 11.6. The number of hydrogen-bond donors (Lipinski definition) is 1. The summed E-state index contributed by atoms with van der Waals surface area (Å²) in [6.45, 7) is 1.55. The zero-order valence-electron chi connectivity index (χ0n) is 15.9. The Morgan fingerprint density at radius 3 is 1.97 bits per heavy atom. The first kappa shape index (κ1) is 20.3. The van der Waals surface area contributed by atoms with Crippen LogP contribution in [0.25, 0.3) is 5.57 Å². The normalized spacial score (nSPS) is 14.2. The van der Waals surface area contributed by atoms with Crippen molar-refractivity contribution in [2.24, 2.45) is 0 Å². The van der Waals surface area contributed by atoms with Crippen molar-refractivity contribution in [1.29, 1.82) is 0 Å². The minimum Gasteiger partial charge on any atom is -0.284 e. The second kappa shape index (κ2) is 9.24. The average Bonchev–Trinajstić information content (AvgIpc) is 2.70. The van der Waals surface area contributed by atoms with Gasteiger partial charge in [0.2, 0.25) is 0 Å². The molecule has 4 rings (SSSR count). The number of benzene rings is 3. The molecule has 1 fully saturated rings. The van der Waals surface area contributed by atoms with Crippen LogP contribution < -0.4 is 0 Å². The molecule has 0 atom stereocenters. The van der Waals surface area contributed by atoms with Crippen molar-refractivity contribution in [2.75, 3.05) is 18.8 Å². The van der Waals surface area contributed by atoms with Crippen LogP contribution in [-0.2, 0) is 10.7 Å². The smallest absolute Gasteiger partial charge is 0.144 e. The van der Waals surface area contributed by atoms with Crippen molar-refractivity contribution in [3.05, 3.63) is 111 Å². The van der Waals surface area contributed by atoms with Crippen molar-refractivity contribution in [1.82, 2.24) is 4.90 Å². The van der Waals surface area contributed by atoms with E-state index >= 15 is 0 Å². The second-order valence-corrected chi connectivity index (χ2v) is 9.44. The molecule has 1 saturated heterocycles. The highest BCUT2D eigenvalue weighted by Gasteiger charge is 2.32. The highest BCUT2D eigenvalue weighted by atomic mass is 127. The van der Waals surface area contributed by atoms with Crippen LogP contribution in [0.3, 0.4) is 0 Å². The van der Waals surface area contributed by atoms with E-state index in [1.54, 1.807) is 0 Å². The standard InChI is InChI=1S/C24H22INO2S/c25-22-13-7-12-20(14-22)23(17-29(27)28)21-15-26(16-21)24(18-8-3-1-4-9-18)19-10-5-2-6-11-19/h1-14,24,29H,15-17H2. The van der Waals surface area contributed by atoms with E-state index in [0.717, 1.165) is 27.8 Å². The summed E-state index contributed by atoms with van der Waals surface area (Å²) in [4.78, 5) is 2.41. The van der Waals surface area contributed by atoms with Gasteiger partial charge in [-0.05, 0) is 62.6 Å². The van der Waals surface area contributed by atoms with E-state index in [2.05, 4.69) is 82.1 Å². The number of rotatable bonds is 6. The fourth-order valence-corrected chi connectivity index (χ4v) is 5.12. The predicted octanol–water partition coefficient (Wildman–Crippen LogP) is 4.76. The number of thiol groups is 1. The van der Waals surface area contributed by atoms with Crippen molar-refractivity contribution >= 4 is 38.9 Å². The van der Waals surface area contributed by atoms with Gasteiger partial charge in [0.15, 0.2) is 0 Å². The van der Waals surface area contributed by atoms with Crippen LogP contribution in [0.15, 0.2) is 90.5 Å². The van der Waals surface area contributed by atoms with E-state index < -0.39 is 10.7 Å². The summed E-state index contributed by atoms with van der Waals surface area (Å²) in [5.41, 5.74) is 5.69. The first-order valence-corrected chi connectivity index (χ1v) is 12.0. The Labute approximate surface area is 187 Å². The van der Waals surface area contributed by atoms with Gasteiger partial charge in [-0.2, -0.15) is 0 Å². The van der Waals surface area contributed by atoms with Crippen LogP contribution in [0, 0.1) is 3.57 Å². The molecule has 0 aromatic heterocycles. The molecule has 0 aliphatic carbocycles. The zero-order valence-corrected chi connectivity index (χ0v) is 18.9. The van der Waals surface area contributed by atoms with Crippen LogP contribution >= 0.6 is 22.6 Å². The Hall–Kier alpha value is -1.96. The van der Waals surface area contributed by atoms with Gasteiger partial charge in [-0.25, -0.2) is 8.42 Å². The SMILES string of the molecule is O=[SH](=O)CC(=C1CN(C(c2ccccc2)c2ccccc2)C1)c1cccc(I)c1. The molecular formula is C24H22INO2S. The molecule has 3 aromatic rings. The van der Waals surface area contributed by atoms with Crippen molar-refractivity contribution in [3.63, 3.8) is 0 Å². The van der Waals surface area contributed by atoms with Crippen LogP contribution in [0.4, 0.5) is 0 Å². The third kappa shape index (κ3) is 4.79. The Bertz CT molecular complexity index is 1040. The number of halogens is 1. The largest absolute Gasteiger partial charge is 0.284 e. The second-order valence-electron chi connectivity index (χ2n) is 7.21. The van der Waals surface area contributed by atoms with E-state index in [0.29, 0.717) is 0 Å². The van der Waals surface area contributed by atoms with E-state index in [4.69, 9.17) is 0 Å². The lowest BCUT2D eigenvalue weighted by Crippen LogP contribution is -2.44. The van der Waals surface area contributed by atoms with Gasteiger partial charge in [0.1, 0.15) is 10.7 Å². The van der Waals surface area contributed by atoms with Crippen molar-refractivity contribution in [3.8, 4) is 0 Å². The van der Waals surface area contributed by atoms with Gasteiger partial charge in [0.25, 0.3) is 0 Å². The molecule has 0 spiro atoms. The van der Waals surface area contributed by atoms with Gasteiger partial charge in [-0.1, -0.05) is 72.8 Å². The number of nitrogens with zero attached hydrogens (tertiary/aromatic N) is 1. The molecular weight excluding hydrogens is 493 g/mol. The lowest BCUT2D eigenvalue weighted by atomic mass is 9.90. The fourth-order valence-electron chi connectivity index (χ4n) is 3.91. The highest BCUT2D eigenvalue weighted by molar-refractivity contribution is 14.1. The molecule has 0 N–H and O–H groups in total. The van der Waals surface area contributed by atoms with E-state index in [-0.39, 0.29) is 11.8 Å². The lowest BCUT2D eigenvalue weighted by Gasteiger charge is -2.42. The summed E-state index contributed by atoms with van der Waals surface area (Å²) in [5, 5.41) is 0. The molecule has 148 valence electrons. The Balaban J connectivity index is 1.67. The van der Waals surface area contributed by atoms with Crippen molar-refractivity contribution in [2.45, 2.75) is 6.04 Å². The molecule has 3 nitrogen and oxygen atoms in total. The molecule has 0 unspecified atom stereocenters. The molecule has 1 aliphatic heterocycles. The van der Waals surface area contributed by atoms with Crippen LogP contribution in [0.5, 0.6) is 0 Å². The molecule has 1 aliphatic rings.